The molecule has 3 heteroatoms. The summed E-state index contributed by atoms with van der Waals surface area (Å²) in [7, 11) is 0. The first-order chi connectivity index (χ1) is 10.7. The molecule has 3 aromatic rings. The van der Waals surface area contributed by atoms with Crippen LogP contribution in [0.25, 0.3) is 11.0 Å². The average Bonchev–Trinajstić information content (AvgIpc) is 2.86. The zero-order valence-corrected chi connectivity index (χ0v) is 13.2. The summed E-state index contributed by atoms with van der Waals surface area (Å²) in [4.78, 5) is 4.57. The first kappa shape index (κ1) is 14.8. The molecular formula is C19H22N2O. The van der Waals surface area contributed by atoms with E-state index in [0.717, 1.165) is 36.2 Å². The highest BCUT2D eigenvalue weighted by Crippen LogP contribution is 2.21. The van der Waals surface area contributed by atoms with E-state index in [1.807, 2.05) is 6.07 Å². The van der Waals surface area contributed by atoms with Crippen LogP contribution in [0.5, 0.6) is 0 Å². The van der Waals surface area contributed by atoms with Crippen molar-refractivity contribution in [3.63, 3.8) is 0 Å². The Morgan fingerprint density at radius 3 is 2.50 bits per heavy atom. The molecule has 3 nitrogen and oxygen atoms in total. The molecule has 22 heavy (non-hydrogen) atoms. The van der Waals surface area contributed by atoms with Gasteiger partial charge in [0.05, 0.1) is 11.0 Å². The third kappa shape index (κ3) is 2.90. The van der Waals surface area contributed by atoms with E-state index in [2.05, 4.69) is 59.8 Å². The van der Waals surface area contributed by atoms with Gasteiger partial charge in [-0.3, -0.25) is 0 Å². The van der Waals surface area contributed by atoms with Crippen molar-refractivity contribution in [2.75, 3.05) is 0 Å². The molecule has 1 N–H and O–H groups in total. The summed E-state index contributed by atoms with van der Waals surface area (Å²) >= 11 is 0. The van der Waals surface area contributed by atoms with Gasteiger partial charge in [0.1, 0.15) is 12.4 Å². The first-order valence-corrected chi connectivity index (χ1v) is 7.80. The van der Waals surface area contributed by atoms with Gasteiger partial charge in [0, 0.05) is 6.54 Å². The van der Waals surface area contributed by atoms with Crippen LogP contribution in [0.15, 0.2) is 42.5 Å². The Morgan fingerprint density at radius 2 is 1.77 bits per heavy atom. The number of nitrogens with zero attached hydrogens (tertiary/aromatic N) is 2. The van der Waals surface area contributed by atoms with Crippen LogP contribution in [0.3, 0.4) is 0 Å². The number of aromatic nitrogens is 2. The van der Waals surface area contributed by atoms with E-state index in [9.17, 15) is 5.11 Å². The van der Waals surface area contributed by atoms with Gasteiger partial charge in [-0.2, -0.15) is 0 Å². The predicted molar refractivity (Wildman–Crippen MR) is 89.9 cm³/mol. The minimum absolute atomic E-state index is 0.0158. The second-order valence-electron chi connectivity index (χ2n) is 5.85. The van der Waals surface area contributed by atoms with Gasteiger partial charge >= 0.3 is 0 Å². The summed E-state index contributed by atoms with van der Waals surface area (Å²) < 4.78 is 2.16. The summed E-state index contributed by atoms with van der Waals surface area (Å²) in [6.07, 6.45) is 2.08. The third-order valence-electron chi connectivity index (χ3n) is 4.27. The second kappa shape index (κ2) is 6.32. The molecule has 0 spiro atoms. The normalized spacial score (nSPS) is 11.2. The van der Waals surface area contributed by atoms with E-state index in [1.54, 1.807) is 0 Å². The molecule has 0 saturated carbocycles. The summed E-state index contributed by atoms with van der Waals surface area (Å²) in [5.74, 6) is 0.757. The van der Waals surface area contributed by atoms with Crippen LogP contribution in [-0.2, 0) is 19.6 Å². The molecule has 0 saturated heterocycles. The first-order valence-electron chi connectivity index (χ1n) is 7.80. The number of benzene rings is 2. The van der Waals surface area contributed by atoms with Crippen LogP contribution in [0, 0.1) is 13.8 Å². The lowest BCUT2D eigenvalue weighted by molar-refractivity contribution is 0.265. The molecule has 0 atom stereocenters. The highest BCUT2D eigenvalue weighted by Gasteiger charge is 2.11. The van der Waals surface area contributed by atoms with Crippen LogP contribution in [-0.4, -0.2) is 14.7 Å². The van der Waals surface area contributed by atoms with Crippen LogP contribution in [0.1, 0.15) is 28.9 Å². The van der Waals surface area contributed by atoms with Crippen LogP contribution < -0.4 is 0 Å². The molecule has 114 valence electrons. The average molecular weight is 294 g/mol. The number of fused-ring (bicyclic) bond motifs is 1. The van der Waals surface area contributed by atoms with Crippen molar-refractivity contribution in [3.05, 3.63) is 65.0 Å². The summed E-state index contributed by atoms with van der Waals surface area (Å²) in [5.41, 5.74) is 5.96. The fourth-order valence-corrected chi connectivity index (χ4v) is 2.89. The molecular weight excluding hydrogens is 272 g/mol. The molecule has 0 aliphatic rings. The van der Waals surface area contributed by atoms with Crippen molar-refractivity contribution in [3.8, 4) is 0 Å². The quantitative estimate of drug-likeness (QED) is 0.777. The lowest BCUT2D eigenvalue weighted by atomic mass is 10.1. The van der Waals surface area contributed by atoms with Crippen molar-refractivity contribution in [2.45, 2.75) is 39.8 Å². The third-order valence-corrected chi connectivity index (χ3v) is 4.27. The molecule has 2 aromatic carbocycles. The highest BCUT2D eigenvalue weighted by molar-refractivity contribution is 5.78. The van der Waals surface area contributed by atoms with Gasteiger partial charge in [0.15, 0.2) is 0 Å². The van der Waals surface area contributed by atoms with Crippen LogP contribution in [0.4, 0.5) is 0 Å². The maximum absolute atomic E-state index is 9.59. The minimum atomic E-state index is -0.0158. The second-order valence-corrected chi connectivity index (χ2v) is 5.85. The van der Waals surface area contributed by atoms with Gasteiger partial charge in [-0.15, -0.1) is 0 Å². The Morgan fingerprint density at radius 1 is 1.05 bits per heavy atom. The topological polar surface area (TPSA) is 38.1 Å². The van der Waals surface area contributed by atoms with Crippen molar-refractivity contribution in [1.29, 1.82) is 0 Å². The van der Waals surface area contributed by atoms with Gasteiger partial charge in [-0.1, -0.05) is 30.3 Å². The van der Waals surface area contributed by atoms with Gasteiger partial charge in [-0.25, -0.2) is 4.98 Å². The Balaban J connectivity index is 1.84. The molecule has 0 amide bonds. The molecule has 0 aliphatic heterocycles. The van der Waals surface area contributed by atoms with E-state index in [-0.39, 0.29) is 6.61 Å². The number of aryl methyl sites for hydroxylation is 4. The molecule has 0 bridgehead atoms. The van der Waals surface area contributed by atoms with Gasteiger partial charge in [0.2, 0.25) is 0 Å². The van der Waals surface area contributed by atoms with E-state index in [1.165, 1.54) is 16.7 Å². The minimum Gasteiger partial charge on any atom is -0.388 e. The molecule has 0 radical (unpaired) electrons. The Hall–Kier alpha value is -2.13. The largest absolute Gasteiger partial charge is 0.388 e. The van der Waals surface area contributed by atoms with Gasteiger partial charge in [0.25, 0.3) is 0 Å². The molecule has 1 aromatic heterocycles. The Kier molecular flexibility index (Phi) is 4.25. The van der Waals surface area contributed by atoms with Gasteiger partial charge < -0.3 is 9.67 Å². The maximum Gasteiger partial charge on any atom is 0.135 e. The summed E-state index contributed by atoms with van der Waals surface area (Å²) in [6, 6.07) is 14.8. The zero-order valence-electron chi connectivity index (χ0n) is 13.2. The van der Waals surface area contributed by atoms with Crippen LogP contribution in [0.2, 0.25) is 0 Å². The molecule has 0 unspecified atom stereocenters. The number of hydrogen-bond acceptors (Lipinski definition) is 2. The fraction of sp³-hybridized carbons (Fsp3) is 0.316. The predicted octanol–water partition coefficient (Wildman–Crippen LogP) is 3.78. The fourth-order valence-electron chi connectivity index (χ4n) is 2.89. The van der Waals surface area contributed by atoms with Crippen molar-refractivity contribution in [1.82, 2.24) is 9.55 Å². The van der Waals surface area contributed by atoms with Crippen molar-refractivity contribution >= 4 is 11.0 Å². The van der Waals surface area contributed by atoms with E-state index in [0.29, 0.717) is 0 Å². The Bertz CT molecular complexity index is 775. The Labute approximate surface area is 131 Å². The van der Waals surface area contributed by atoms with E-state index < -0.39 is 0 Å². The van der Waals surface area contributed by atoms with Crippen LogP contribution >= 0.6 is 0 Å². The summed E-state index contributed by atoms with van der Waals surface area (Å²) in [5, 5.41) is 9.59. The lowest BCUT2D eigenvalue weighted by Crippen LogP contribution is -2.05. The number of aliphatic hydroxyl groups is 1. The van der Waals surface area contributed by atoms with Crippen molar-refractivity contribution < 1.29 is 5.11 Å². The molecule has 1 heterocycles. The zero-order chi connectivity index (χ0) is 15.5. The number of imidazole rings is 1. The standard InChI is InChI=1S/C19H22N2O/c1-14-11-17-18(12-15(14)2)21(19(13-22)20-17)10-6-9-16-7-4-3-5-8-16/h3-5,7-8,11-12,22H,6,9-10,13H2,1-2H3. The molecule has 3 rings (SSSR count). The monoisotopic (exact) mass is 294 g/mol. The number of rotatable bonds is 5. The molecule has 0 fully saturated rings. The van der Waals surface area contributed by atoms with Gasteiger partial charge in [-0.05, 0) is 55.5 Å². The van der Waals surface area contributed by atoms with Crippen molar-refractivity contribution in [2.24, 2.45) is 0 Å². The molecule has 0 aliphatic carbocycles. The number of hydrogen-bond donors (Lipinski definition) is 1. The number of aliphatic hydroxyl groups excluding tert-OH is 1. The smallest absolute Gasteiger partial charge is 0.135 e. The van der Waals surface area contributed by atoms with E-state index in [4.69, 9.17) is 0 Å². The highest BCUT2D eigenvalue weighted by atomic mass is 16.3. The SMILES string of the molecule is Cc1cc2nc(CO)n(CCCc3ccccc3)c2cc1C. The summed E-state index contributed by atoms with van der Waals surface area (Å²) in [6.45, 7) is 5.08. The maximum atomic E-state index is 9.59. The lowest BCUT2D eigenvalue weighted by Gasteiger charge is -2.09. The van der Waals surface area contributed by atoms with E-state index >= 15 is 0 Å².